The van der Waals surface area contributed by atoms with Crippen LogP contribution >= 0.6 is 0 Å². The molecule has 1 atom stereocenters. The molecule has 3 rings (SSSR count). The monoisotopic (exact) mass is 204 g/mol. The summed E-state index contributed by atoms with van der Waals surface area (Å²) >= 11 is 0. The zero-order chi connectivity index (χ0) is 10.3. The highest BCUT2D eigenvalue weighted by Crippen LogP contribution is 2.18. The molecule has 0 spiro atoms. The first-order valence-corrected chi connectivity index (χ1v) is 5.12. The van der Waals surface area contributed by atoms with E-state index < -0.39 is 0 Å². The van der Waals surface area contributed by atoms with Crippen LogP contribution < -0.4 is 10.7 Å². The summed E-state index contributed by atoms with van der Waals surface area (Å²) in [6.45, 7) is 2.00. The van der Waals surface area contributed by atoms with Gasteiger partial charge in [0, 0.05) is 30.8 Å². The molecule has 0 bridgehead atoms. The summed E-state index contributed by atoms with van der Waals surface area (Å²) in [5.41, 5.74) is 0.696. The topological polar surface area (TPSA) is 62.2 Å². The summed E-state index contributed by atoms with van der Waals surface area (Å²) in [4.78, 5) is 15.6. The van der Waals surface area contributed by atoms with Crippen molar-refractivity contribution in [3.05, 3.63) is 34.4 Å². The minimum atomic E-state index is -0.00223. The van der Waals surface area contributed by atoms with Gasteiger partial charge in [-0.15, -0.1) is 0 Å². The second kappa shape index (κ2) is 3.20. The highest BCUT2D eigenvalue weighted by Gasteiger charge is 2.19. The number of hydrogen-bond acceptors (Lipinski definition) is 3. The molecular formula is C10H12N4O. The fourth-order valence-electron chi connectivity index (χ4n) is 1.99. The Labute approximate surface area is 86.1 Å². The molecule has 1 saturated heterocycles. The Morgan fingerprint density at radius 3 is 3.27 bits per heavy atom. The second-order valence-electron chi connectivity index (χ2n) is 3.89. The van der Waals surface area contributed by atoms with Gasteiger partial charge < -0.3 is 5.32 Å². The van der Waals surface area contributed by atoms with Crippen molar-refractivity contribution in [1.29, 1.82) is 0 Å². The SMILES string of the molecule is O=c1ccn2[nH]c(C3CCNC3)nc2c1. The molecule has 0 radical (unpaired) electrons. The molecule has 1 unspecified atom stereocenters. The van der Waals surface area contributed by atoms with Crippen molar-refractivity contribution in [3.8, 4) is 0 Å². The number of nitrogens with one attached hydrogen (secondary N) is 2. The largest absolute Gasteiger partial charge is 0.316 e. The second-order valence-corrected chi connectivity index (χ2v) is 3.89. The van der Waals surface area contributed by atoms with Crippen molar-refractivity contribution < 1.29 is 0 Å². The van der Waals surface area contributed by atoms with E-state index in [2.05, 4.69) is 15.4 Å². The van der Waals surface area contributed by atoms with Crippen LogP contribution in [0.1, 0.15) is 18.2 Å². The molecule has 15 heavy (non-hydrogen) atoms. The molecule has 2 aromatic rings. The Hall–Kier alpha value is -1.62. The van der Waals surface area contributed by atoms with E-state index in [1.54, 1.807) is 16.8 Å². The third-order valence-electron chi connectivity index (χ3n) is 2.82. The van der Waals surface area contributed by atoms with E-state index >= 15 is 0 Å². The minimum absolute atomic E-state index is 0.00223. The van der Waals surface area contributed by atoms with Crippen molar-refractivity contribution in [2.24, 2.45) is 0 Å². The molecule has 3 heterocycles. The van der Waals surface area contributed by atoms with E-state index in [1.807, 2.05) is 0 Å². The van der Waals surface area contributed by atoms with Gasteiger partial charge in [-0.3, -0.25) is 9.89 Å². The molecule has 1 aliphatic heterocycles. The molecule has 1 fully saturated rings. The van der Waals surface area contributed by atoms with E-state index in [-0.39, 0.29) is 5.43 Å². The number of nitrogens with zero attached hydrogens (tertiary/aromatic N) is 2. The zero-order valence-electron chi connectivity index (χ0n) is 8.23. The zero-order valence-corrected chi connectivity index (χ0v) is 8.23. The van der Waals surface area contributed by atoms with Crippen molar-refractivity contribution in [2.75, 3.05) is 13.1 Å². The summed E-state index contributed by atoms with van der Waals surface area (Å²) in [7, 11) is 0. The van der Waals surface area contributed by atoms with Crippen LogP contribution in [0.25, 0.3) is 5.65 Å². The first-order chi connectivity index (χ1) is 7.33. The smallest absolute Gasteiger partial charge is 0.183 e. The minimum Gasteiger partial charge on any atom is -0.316 e. The van der Waals surface area contributed by atoms with Gasteiger partial charge in [0.15, 0.2) is 11.1 Å². The highest BCUT2D eigenvalue weighted by atomic mass is 16.1. The maximum atomic E-state index is 11.1. The fourth-order valence-corrected chi connectivity index (χ4v) is 1.99. The lowest BCUT2D eigenvalue weighted by molar-refractivity contribution is 0.698. The quantitative estimate of drug-likeness (QED) is 0.692. The molecule has 5 heteroatoms. The van der Waals surface area contributed by atoms with E-state index in [0.717, 1.165) is 25.3 Å². The summed E-state index contributed by atoms with van der Waals surface area (Å²) in [5, 5.41) is 6.49. The van der Waals surface area contributed by atoms with Crippen LogP contribution in [0.3, 0.4) is 0 Å². The van der Waals surface area contributed by atoms with Gasteiger partial charge in [0.05, 0.1) is 0 Å². The number of rotatable bonds is 1. The van der Waals surface area contributed by atoms with Crippen molar-refractivity contribution in [3.63, 3.8) is 0 Å². The number of aromatic nitrogens is 3. The van der Waals surface area contributed by atoms with Crippen LogP contribution in [0.4, 0.5) is 0 Å². The van der Waals surface area contributed by atoms with E-state index in [9.17, 15) is 4.79 Å². The number of H-pyrrole nitrogens is 1. The molecule has 5 nitrogen and oxygen atoms in total. The lowest BCUT2D eigenvalue weighted by Gasteiger charge is -2.01. The molecule has 78 valence electrons. The summed E-state index contributed by atoms with van der Waals surface area (Å²) < 4.78 is 1.79. The van der Waals surface area contributed by atoms with Gasteiger partial charge in [0.2, 0.25) is 0 Å². The lowest BCUT2D eigenvalue weighted by atomic mass is 10.1. The van der Waals surface area contributed by atoms with Gasteiger partial charge in [-0.1, -0.05) is 0 Å². The number of pyridine rings is 1. The first-order valence-electron chi connectivity index (χ1n) is 5.12. The lowest BCUT2D eigenvalue weighted by Crippen LogP contribution is -2.08. The third-order valence-corrected chi connectivity index (χ3v) is 2.82. The normalized spacial score (nSPS) is 21.2. The van der Waals surface area contributed by atoms with Crippen LogP contribution in [0.2, 0.25) is 0 Å². The highest BCUT2D eigenvalue weighted by molar-refractivity contribution is 5.36. The third kappa shape index (κ3) is 1.45. The maximum absolute atomic E-state index is 11.1. The summed E-state index contributed by atoms with van der Waals surface area (Å²) in [6, 6.07) is 3.07. The Morgan fingerprint density at radius 1 is 1.53 bits per heavy atom. The molecule has 0 aliphatic carbocycles. The average molecular weight is 204 g/mol. The van der Waals surface area contributed by atoms with Gasteiger partial charge in [0.1, 0.15) is 5.82 Å². The van der Waals surface area contributed by atoms with E-state index in [4.69, 9.17) is 0 Å². The Balaban J connectivity index is 2.09. The number of hydrogen-bond donors (Lipinski definition) is 2. The van der Waals surface area contributed by atoms with Crippen molar-refractivity contribution in [1.82, 2.24) is 19.9 Å². The molecule has 2 aromatic heterocycles. The fraction of sp³-hybridized carbons (Fsp3) is 0.400. The van der Waals surface area contributed by atoms with Crippen molar-refractivity contribution >= 4 is 5.65 Å². The number of aromatic amines is 1. The molecule has 0 saturated carbocycles. The number of fused-ring (bicyclic) bond motifs is 1. The van der Waals surface area contributed by atoms with E-state index in [1.165, 1.54) is 6.07 Å². The van der Waals surface area contributed by atoms with Gasteiger partial charge in [-0.25, -0.2) is 9.50 Å². The van der Waals surface area contributed by atoms with E-state index in [0.29, 0.717) is 11.6 Å². The molecule has 0 aromatic carbocycles. The van der Waals surface area contributed by atoms with Crippen LogP contribution in [0.5, 0.6) is 0 Å². The van der Waals surface area contributed by atoms with Gasteiger partial charge in [0.25, 0.3) is 0 Å². The average Bonchev–Trinajstić information content (AvgIpc) is 2.84. The Kier molecular flexibility index (Phi) is 1.85. The molecule has 0 amide bonds. The van der Waals surface area contributed by atoms with Gasteiger partial charge in [-0.05, 0) is 13.0 Å². The van der Waals surface area contributed by atoms with Crippen LogP contribution in [-0.4, -0.2) is 27.7 Å². The predicted octanol–water partition coefficient (Wildman–Crippen LogP) is 0.0995. The van der Waals surface area contributed by atoms with Gasteiger partial charge >= 0.3 is 0 Å². The van der Waals surface area contributed by atoms with Crippen LogP contribution in [-0.2, 0) is 0 Å². The Bertz CT molecular complexity index is 536. The molecule has 1 aliphatic rings. The Morgan fingerprint density at radius 2 is 2.47 bits per heavy atom. The van der Waals surface area contributed by atoms with Crippen LogP contribution in [0, 0.1) is 0 Å². The summed E-state index contributed by atoms with van der Waals surface area (Å²) in [6.07, 6.45) is 2.82. The maximum Gasteiger partial charge on any atom is 0.183 e. The summed E-state index contributed by atoms with van der Waals surface area (Å²) in [5.74, 6) is 1.41. The molecular weight excluding hydrogens is 192 g/mol. The van der Waals surface area contributed by atoms with Crippen LogP contribution in [0.15, 0.2) is 23.1 Å². The van der Waals surface area contributed by atoms with Gasteiger partial charge in [-0.2, -0.15) is 0 Å². The molecule has 2 N–H and O–H groups in total. The standard InChI is InChI=1S/C10H12N4O/c15-8-2-4-14-9(5-8)12-10(13-14)7-1-3-11-6-7/h2,4-5,7,11H,1,3,6H2,(H,12,13). The van der Waals surface area contributed by atoms with Crippen molar-refractivity contribution in [2.45, 2.75) is 12.3 Å². The predicted molar refractivity (Wildman–Crippen MR) is 56.0 cm³/mol. The first kappa shape index (κ1) is 8.67.